The molecule has 2 N–H and O–H groups in total. The second kappa shape index (κ2) is 5.49. The quantitative estimate of drug-likeness (QED) is 0.892. The molecule has 3 nitrogen and oxygen atoms in total. The van der Waals surface area contributed by atoms with E-state index in [1.165, 1.54) is 17.4 Å². The average molecular weight is 330 g/mol. The maximum absolute atomic E-state index is 13.5. The molecule has 2 aromatic rings. The summed E-state index contributed by atoms with van der Waals surface area (Å²) in [6.45, 7) is 0.399. The van der Waals surface area contributed by atoms with Gasteiger partial charge in [0.05, 0.1) is 11.3 Å². The average Bonchev–Trinajstić information content (AvgIpc) is 2.76. The first-order valence-corrected chi connectivity index (χ1v) is 6.73. The van der Waals surface area contributed by atoms with E-state index < -0.39 is 5.97 Å². The number of thiophene rings is 1. The zero-order valence-corrected chi connectivity index (χ0v) is 11.5. The van der Waals surface area contributed by atoms with E-state index in [1.807, 2.05) is 0 Å². The number of nitrogens with one attached hydrogen (secondary N) is 1. The van der Waals surface area contributed by atoms with Crippen molar-refractivity contribution < 1.29 is 14.3 Å². The van der Waals surface area contributed by atoms with Crippen LogP contribution in [0.3, 0.4) is 0 Å². The first kappa shape index (κ1) is 13.0. The zero-order chi connectivity index (χ0) is 13.1. The van der Waals surface area contributed by atoms with E-state index in [1.54, 1.807) is 23.6 Å². The van der Waals surface area contributed by atoms with Crippen molar-refractivity contribution in [1.29, 1.82) is 0 Å². The molecule has 0 saturated heterocycles. The third-order valence-corrected chi connectivity index (χ3v) is 3.71. The molecule has 0 aliphatic heterocycles. The summed E-state index contributed by atoms with van der Waals surface area (Å²) in [4.78, 5) is 11.5. The van der Waals surface area contributed by atoms with Gasteiger partial charge >= 0.3 is 5.97 Å². The number of hydrogen-bond acceptors (Lipinski definition) is 3. The third kappa shape index (κ3) is 3.08. The van der Waals surface area contributed by atoms with Gasteiger partial charge in [-0.05, 0) is 24.3 Å². The van der Waals surface area contributed by atoms with E-state index in [0.717, 1.165) is 4.88 Å². The molecule has 2 rings (SSSR count). The number of hydrogen-bond donors (Lipinski definition) is 2. The van der Waals surface area contributed by atoms with Crippen molar-refractivity contribution in [2.75, 3.05) is 5.32 Å². The van der Waals surface area contributed by atoms with Gasteiger partial charge in [-0.25, -0.2) is 9.18 Å². The smallest absolute Gasteiger partial charge is 0.336 e. The van der Waals surface area contributed by atoms with Crippen LogP contribution in [0.4, 0.5) is 10.1 Å². The number of carbonyl (C=O) groups is 1. The largest absolute Gasteiger partial charge is 0.478 e. The summed E-state index contributed by atoms with van der Waals surface area (Å²) >= 11 is 4.51. The summed E-state index contributed by atoms with van der Waals surface area (Å²) in [7, 11) is 0. The molecule has 1 aromatic heterocycles. The van der Waals surface area contributed by atoms with Gasteiger partial charge < -0.3 is 10.4 Å². The van der Waals surface area contributed by atoms with Crippen LogP contribution >= 0.6 is 27.3 Å². The van der Waals surface area contributed by atoms with Crippen LogP contribution in [0.5, 0.6) is 0 Å². The number of anilines is 1. The summed E-state index contributed by atoms with van der Waals surface area (Å²) in [6, 6.07) is 6.32. The van der Waals surface area contributed by atoms with Crippen molar-refractivity contribution in [2.45, 2.75) is 6.54 Å². The number of aromatic carboxylic acids is 1. The van der Waals surface area contributed by atoms with Crippen LogP contribution in [-0.4, -0.2) is 11.1 Å². The zero-order valence-electron chi connectivity index (χ0n) is 9.11. The van der Waals surface area contributed by atoms with Crippen molar-refractivity contribution in [3.63, 3.8) is 0 Å². The van der Waals surface area contributed by atoms with E-state index in [2.05, 4.69) is 21.2 Å². The first-order chi connectivity index (χ1) is 8.56. The molecule has 0 radical (unpaired) electrons. The van der Waals surface area contributed by atoms with E-state index in [-0.39, 0.29) is 11.4 Å². The molecule has 0 amide bonds. The summed E-state index contributed by atoms with van der Waals surface area (Å²) in [5, 5.41) is 13.3. The minimum absolute atomic E-state index is 0.257. The number of benzene rings is 1. The molecule has 6 heteroatoms. The Morgan fingerprint density at radius 3 is 2.83 bits per heavy atom. The van der Waals surface area contributed by atoms with Gasteiger partial charge in [0.15, 0.2) is 0 Å². The van der Waals surface area contributed by atoms with Crippen molar-refractivity contribution in [1.82, 2.24) is 0 Å². The Kier molecular flexibility index (Phi) is 3.98. The van der Waals surface area contributed by atoms with E-state index in [0.29, 0.717) is 16.7 Å². The first-order valence-electron chi connectivity index (χ1n) is 5.06. The monoisotopic (exact) mass is 329 g/mol. The maximum atomic E-state index is 13.5. The van der Waals surface area contributed by atoms with Crippen molar-refractivity contribution in [3.05, 3.63) is 50.4 Å². The van der Waals surface area contributed by atoms with Crippen LogP contribution in [0.15, 0.2) is 34.1 Å². The van der Waals surface area contributed by atoms with Gasteiger partial charge in [0.2, 0.25) is 0 Å². The highest BCUT2D eigenvalue weighted by molar-refractivity contribution is 9.10. The Morgan fingerprint density at radius 1 is 1.44 bits per heavy atom. The van der Waals surface area contributed by atoms with Crippen LogP contribution in [0, 0.1) is 5.82 Å². The molecule has 1 heterocycles. The molecule has 1 aromatic carbocycles. The van der Waals surface area contributed by atoms with Gasteiger partial charge in [-0.15, -0.1) is 11.3 Å². The second-order valence-electron chi connectivity index (χ2n) is 3.58. The number of carboxylic acids is 1. The Morgan fingerprint density at radius 2 is 2.22 bits per heavy atom. The molecule has 0 atom stereocenters. The lowest BCUT2D eigenvalue weighted by Gasteiger charge is -2.06. The van der Waals surface area contributed by atoms with E-state index >= 15 is 0 Å². The summed E-state index contributed by atoms with van der Waals surface area (Å²) in [5.74, 6) is -1.30. The molecule has 0 spiro atoms. The normalized spacial score (nSPS) is 10.3. The van der Waals surface area contributed by atoms with Crippen LogP contribution in [0.2, 0.25) is 0 Å². The molecule has 0 unspecified atom stereocenters. The van der Waals surface area contributed by atoms with Crippen molar-refractivity contribution in [2.24, 2.45) is 0 Å². The number of rotatable bonds is 4. The Bertz CT molecular complexity index is 585. The number of halogens is 2. The highest BCUT2D eigenvalue weighted by atomic mass is 79.9. The number of carboxylic acid groups (broad SMARTS) is 1. The predicted octanol–water partition coefficient (Wildman–Crippen LogP) is 3.96. The fourth-order valence-electron chi connectivity index (χ4n) is 1.40. The molecule has 0 saturated carbocycles. The molecule has 94 valence electrons. The SMILES string of the molecule is O=C(O)c1csc(CNc2ccc(Br)cc2F)c1. The summed E-state index contributed by atoms with van der Waals surface area (Å²) in [5.41, 5.74) is 0.650. The lowest BCUT2D eigenvalue weighted by atomic mass is 10.3. The molecule has 0 aliphatic carbocycles. The summed E-state index contributed by atoms with van der Waals surface area (Å²) in [6.07, 6.45) is 0. The maximum Gasteiger partial charge on any atom is 0.336 e. The lowest BCUT2D eigenvalue weighted by molar-refractivity contribution is 0.0697. The van der Waals surface area contributed by atoms with Crippen LogP contribution < -0.4 is 5.32 Å². The predicted molar refractivity (Wildman–Crippen MR) is 72.7 cm³/mol. The Labute approximate surface area is 115 Å². The van der Waals surface area contributed by atoms with Gasteiger partial charge in [-0.2, -0.15) is 0 Å². The lowest BCUT2D eigenvalue weighted by Crippen LogP contribution is -2.00. The van der Waals surface area contributed by atoms with Gasteiger partial charge in [0.1, 0.15) is 5.82 Å². The van der Waals surface area contributed by atoms with Gasteiger partial charge in [-0.3, -0.25) is 0 Å². The van der Waals surface area contributed by atoms with E-state index in [9.17, 15) is 9.18 Å². The fourth-order valence-corrected chi connectivity index (χ4v) is 2.53. The van der Waals surface area contributed by atoms with Gasteiger partial charge in [0, 0.05) is 21.3 Å². The third-order valence-electron chi connectivity index (χ3n) is 2.28. The standard InChI is InChI=1S/C12H9BrFNO2S/c13-8-1-2-11(10(14)4-8)15-5-9-3-7(6-18-9)12(16)17/h1-4,6,15H,5H2,(H,16,17). The van der Waals surface area contributed by atoms with Gasteiger partial charge in [-0.1, -0.05) is 15.9 Å². The summed E-state index contributed by atoms with van der Waals surface area (Å²) < 4.78 is 14.2. The van der Waals surface area contributed by atoms with Crippen LogP contribution in [0.25, 0.3) is 0 Å². The fraction of sp³-hybridized carbons (Fsp3) is 0.0833. The topological polar surface area (TPSA) is 49.3 Å². The molecule has 0 bridgehead atoms. The highest BCUT2D eigenvalue weighted by Gasteiger charge is 2.07. The van der Waals surface area contributed by atoms with Crippen LogP contribution in [-0.2, 0) is 6.54 Å². The molecule has 0 aliphatic rings. The van der Waals surface area contributed by atoms with Gasteiger partial charge in [0.25, 0.3) is 0 Å². The minimum atomic E-state index is -0.952. The van der Waals surface area contributed by atoms with Crippen LogP contribution in [0.1, 0.15) is 15.2 Å². The molecular formula is C12H9BrFNO2S. The Balaban J connectivity index is 2.04. The second-order valence-corrected chi connectivity index (χ2v) is 5.50. The highest BCUT2D eigenvalue weighted by Crippen LogP contribution is 2.21. The molecule has 0 fully saturated rings. The Hall–Kier alpha value is -1.40. The van der Waals surface area contributed by atoms with Crippen molar-refractivity contribution >= 4 is 38.9 Å². The molecule has 18 heavy (non-hydrogen) atoms. The molecular weight excluding hydrogens is 321 g/mol. The van der Waals surface area contributed by atoms with E-state index in [4.69, 9.17) is 5.11 Å². The minimum Gasteiger partial charge on any atom is -0.478 e. The van der Waals surface area contributed by atoms with Crippen molar-refractivity contribution in [3.8, 4) is 0 Å².